The zero-order valence-electron chi connectivity index (χ0n) is 11.9. The summed E-state index contributed by atoms with van der Waals surface area (Å²) in [6.07, 6.45) is 2.48. The number of carboxylic acids is 1. The number of amides is 2. The Morgan fingerprint density at radius 3 is 2.62 bits per heavy atom. The molecule has 1 unspecified atom stereocenters. The largest absolute Gasteiger partial charge is 0.479 e. The SMILES string of the molecule is CCCC1(C(=O)O)CCCN1C(=O)Nc1ccc(I)cc1. The number of benzene rings is 1. The predicted molar refractivity (Wildman–Crippen MR) is 89.4 cm³/mol. The Hall–Kier alpha value is -1.31. The fourth-order valence-electron chi connectivity index (χ4n) is 2.90. The predicted octanol–water partition coefficient (Wildman–Crippen LogP) is 3.54. The van der Waals surface area contributed by atoms with Gasteiger partial charge >= 0.3 is 12.0 Å². The first-order valence-corrected chi connectivity index (χ1v) is 8.15. The van der Waals surface area contributed by atoms with Crippen LogP contribution in [0.4, 0.5) is 10.5 Å². The quantitative estimate of drug-likeness (QED) is 0.757. The number of carbonyl (C=O) groups is 2. The van der Waals surface area contributed by atoms with Crippen molar-refractivity contribution in [3.8, 4) is 0 Å². The average molecular weight is 402 g/mol. The van der Waals surface area contributed by atoms with Crippen molar-refractivity contribution in [3.05, 3.63) is 27.8 Å². The first kappa shape index (κ1) is 16.1. The van der Waals surface area contributed by atoms with Gasteiger partial charge in [0, 0.05) is 15.8 Å². The van der Waals surface area contributed by atoms with Crippen LogP contribution in [0.1, 0.15) is 32.6 Å². The second-order valence-corrected chi connectivity index (χ2v) is 6.52. The number of likely N-dealkylation sites (tertiary alicyclic amines) is 1. The first-order chi connectivity index (χ1) is 9.99. The zero-order valence-corrected chi connectivity index (χ0v) is 14.1. The second-order valence-electron chi connectivity index (χ2n) is 5.28. The number of hydrogen-bond acceptors (Lipinski definition) is 2. The van der Waals surface area contributed by atoms with E-state index in [1.54, 1.807) is 0 Å². The van der Waals surface area contributed by atoms with Gasteiger partial charge in [-0.1, -0.05) is 13.3 Å². The molecule has 0 radical (unpaired) electrons. The lowest BCUT2D eigenvalue weighted by molar-refractivity contribution is -0.148. The van der Waals surface area contributed by atoms with Crippen LogP contribution in [0.25, 0.3) is 0 Å². The molecule has 1 heterocycles. The van der Waals surface area contributed by atoms with Gasteiger partial charge in [-0.25, -0.2) is 9.59 Å². The molecule has 0 saturated carbocycles. The summed E-state index contributed by atoms with van der Waals surface area (Å²) in [6.45, 7) is 2.43. The Labute approximate surface area is 137 Å². The molecule has 2 amide bonds. The number of halogens is 1. The molecule has 6 heteroatoms. The van der Waals surface area contributed by atoms with Gasteiger partial charge in [0.2, 0.25) is 0 Å². The van der Waals surface area contributed by atoms with Crippen molar-refractivity contribution in [3.63, 3.8) is 0 Å². The summed E-state index contributed by atoms with van der Waals surface area (Å²) in [5, 5.41) is 12.4. The van der Waals surface area contributed by atoms with E-state index in [0.29, 0.717) is 25.1 Å². The van der Waals surface area contributed by atoms with E-state index in [0.717, 1.165) is 16.4 Å². The minimum Gasteiger partial charge on any atom is -0.479 e. The Balaban J connectivity index is 2.16. The molecule has 1 atom stereocenters. The lowest BCUT2D eigenvalue weighted by Crippen LogP contribution is -2.54. The standard InChI is InChI=1S/C15H19IN2O3/c1-2-8-15(13(19)20)9-3-10-18(15)14(21)17-12-6-4-11(16)5-7-12/h4-7H,2-3,8-10H2,1H3,(H,17,21)(H,19,20). The highest BCUT2D eigenvalue weighted by Gasteiger charge is 2.49. The zero-order chi connectivity index (χ0) is 15.5. The molecule has 21 heavy (non-hydrogen) atoms. The van der Waals surface area contributed by atoms with Gasteiger partial charge in [0.1, 0.15) is 5.54 Å². The van der Waals surface area contributed by atoms with Gasteiger partial charge in [-0.2, -0.15) is 0 Å². The number of carbonyl (C=O) groups excluding carboxylic acids is 1. The van der Waals surface area contributed by atoms with Crippen LogP contribution < -0.4 is 5.32 Å². The minimum atomic E-state index is -1.05. The van der Waals surface area contributed by atoms with Crippen molar-refractivity contribution in [2.75, 3.05) is 11.9 Å². The fraction of sp³-hybridized carbons (Fsp3) is 0.467. The fourth-order valence-corrected chi connectivity index (χ4v) is 3.26. The number of urea groups is 1. The van der Waals surface area contributed by atoms with Crippen molar-refractivity contribution in [1.82, 2.24) is 4.90 Å². The number of nitrogens with one attached hydrogen (secondary N) is 1. The molecule has 0 aliphatic carbocycles. The van der Waals surface area contributed by atoms with Crippen LogP contribution >= 0.6 is 22.6 Å². The molecule has 2 N–H and O–H groups in total. The highest BCUT2D eigenvalue weighted by molar-refractivity contribution is 14.1. The summed E-state index contributed by atoms with van der Waals surface area (Å²) in [4.78, 5) is 25.6. The summed E-state index contributed by atoms with van der Waals surface area (Å²) in [6, 6.07) is 7.10. The van der Waals surface area contributed by atoms with E-state index in [-0.39, 0.29) is 6.03 Å². The van der Waals surface area contributed by atoms with Crippen LogP contribution in [0.5, 0.6) is 0 Å². The Morgan fingerprint density at radius 1 is 1.38 bits per heavy atom. The van der Waals surface area contributed by atoms with Gasteiger partial charge in [0.15, 0.2) is 0 Å². The Morgan fingerprint density at radius 2 is 2.05 bits per heavy atom. The lowest BCUT2D eigenvalue weighted by Gasteiger charge is -2.34. The average Bonchev–Trinajstić information content (AvgIpc) is 2.87. The molecule has 1 aliphatic heterocycles. The van der Waals surface area contributed by atoms with Gasteiger partial charge < -0.3 is 15.3 Å². The number of anilines is 1. The third-order valence-corrected chi connectivity index (χ3v) is 4.61. The van der Waals surface area contributed by atoms with Gasteiger partial charge in [-0.15, -0.1) is 0 Å². The summed E-state index contributed by atoms with van der Waals surface area (Å²) in [5.74, 6) is -0.903. The normalized spacial score (nSPS) is 21.3. The molecular formula is C15H19IN2O3. The maximum Gasteiger partial charge on any atom is 0.329 e. The van der Waals surface area contributed by atoms with Gasteiger partial charge in [-0.3, -0.25) is 0 Å². The molecule has 1 aromatic rings. The van der Waals surface area contributed by atoms with Crippen LogP contribution in [0, 0.1) is 3.57 Å². The number of nitrogens with zero attached hydrogens (tertiary/aromatic N) is 1. The molecule has 0 aromatic heterocycles. The third kappa shape index (κ3) is 3.30. The van der Waals surface area contributed by atoms with E-state index in [1.165, 1.54) is 4.90 Å². The Kier molecular flexibility index (Phi) is 5.08. The highest BCUT2D eigenvalue weighted by Crippen LogP contribution is 2.34. The van der Waals surface area contributed by atoms with Crippen LogP contribution in [-0.4, -0.2) is 34.1 Å². The van der Waals surface area contributed by atoms with Gasteiger partial charge in [0.05, 0.1) is 0 Å². The summed E-state index contributed by atoms with van der Waals surface area (Å²) < 4.78 is 1.08. The smallest absolute Gasteiger partial charge is 0.329 e. The van der Waals surface area contributed by atoms with Crippen molar-refractivity contribution in [2.45, 2.75) is 38.1 Å². The van der Waals surface area contributed by atoms with Crippen LogP contribution in [0.2, 0.25) is 0 Å². The highest BCUT2D eigenvalue weighted by atomic mass is 127. The van der Waals surface area contributed by atoms with E-state index in [9.17, 15) is 14.7 Å². The maximum atomic E-state index is 12.4. The molecular weight excluding hydrogens is 383 g/mol. The second kappa shape index (κ2) is 6.64. The Bertz CT molecular complexity index is 532. The van der Waals surface area contributed by atoms with E-state index < -0.39 is 11.5 Å². The van der Waals surface area contributed by atoms with Crippen LogP contribution in [0.15, 0.2) is 24.3 Å². The van der Waals surface area contributed by atoms with E-state index in [4.69, 9.17) is 0 Å². The molecule has 0 bridgehead atoms. The van der Waals surface area contributed by atoms with Crippen molar-refractivity contribution >= 4 is 40.3 Å². The topological polar surface area (TPSA) is 69.6 Å². The summed E-state index contributed by atoms with van der Waals surface area (Å²) in [7, 11) is 0. The van der Waals surface area contributed by atoms with E-state index in [2.05, 4.69) is 27.9 Å². The number of aliphatic carboxylic acids is 1. The maximum absolute atomic E-state index is 12.4. The summed E-state index contributed by atoms with van der Waals surface area (Å²) >= 11 is 2.19. The molecule has 114 valence electrons. The molecule has 1 saturated heterocycles. The van der Waals surface area contributed by atoms with Crippen LogP contribution in [-0.2, 0) is 4.79 Å². The van der Waals surface area contributed by atoms with Crippen molar-refractivity contribution < 1.29 is 14.7 Å². The minimum absolute atomic E-state index is 0.329. The molecule has 5 nitrogen and oxygen atoms in total. The molecule has 1 aliphatic rings. The third-order valence-electron chi connectivity index (χ3n) is 3.89. The van der Waals surface area contributed by atoms with E-state index in [1.807, 2.05) is 31.2 Å². The monoisotopic (exact) mass is 402 g/mol. The summed E-state index contributed by atoms with van der Waals surface area (Å²) in [5.41, 5.74) is -0.370. The van der Waals surface area contributed by atoms with E-state index >= 15 is 0 Å². The van der Waals surface area contributed by atoms with Gasteiger partial charge in [0.25, 0.3) is 0 Å². The number of carboxylic acid groups (broad SMARTS) is 1. The van der Waals surface area contributed by atoms with Gasteiger partial charge in [-0.05, 0) is 66.1 Å². The first-order valence-electron chi connectivity index (χ1n) is 7.07. The number of rotatable bonds is 4. The molecule has 1 aromatic carbocycles. The molecule has 2 rings (SSSR count). The molecule has 1 fully saturated rings. The van der Waals surface area contributed by atoms with Crippen molar-refractivity contribution in [2.24, 2.45) is 0 Å². The molecule has 0 spiro atoms. The van der Waals surface area contributed by atoms with Crippen LogP contribution in [0.3, 0.4) is 0 Å². The van der Waals surface area contributed by atoms with Crippen molar-refractivity contribution in [1.29, 1.82) is 0 Å². The lowest BCUT2D eigenvalue weighted by atomic mass is 9.91. The number of hydrogen-bond donors (Lipinski definition) is 2.